The molecule has 1 aromatic carbocycles. The fourth-order valence-corrected chi connectivity index (χ4v) is 2.17. The third-order valence-electron chi connectivity index (χ3n) is 3.35. The molecule has 0 radical (unpaired) electrons. The summed E-state index contributed by atoms with van der Waals surface area (Å²) in [5.41, 5.74) is 0.994. The number of amides is 1. The van der Waals surface area contributed by atoms with Crippen LogP contribution in [-0.4, -0.2) is 40.9 Å². The highest BCUT2D eigenvalue weighted by Gasteiger charge is 2.39. The lowest BCUT2D eigenvalue weighted by Crippen LogP contribution is -2.31. The maximum absolute atomic E-state index is 13.0. The van der Waals surface area contributed by atoms with Gasteiger partial charge in [-0.3, -0.25) is 4.79 Å². The van der Waals surface area contributed by atoms with Gasteiger partial charge in [-0.2, -0.15) is 0 Å². The van der Waals surface area contributed by atoms with Crippen LogP contribution in [0.2, 0.25) is 0 Å². The Labute approximate surface area is 115 Å². The van der Waals surface area contributed by atoms with Crippen LogP contribution in [0.1, 0.15) is 28.8 Å². The monoisotopic (exact) mass is 283 g/mol. The third kappa shape index (κ3) is 3.53. The van der Waals surface area contributed by atoms with Gasteiger partial charge in [0.15, 0.2) is 0 Å². The summed E-state index contributed by atoms with van der Waals surface area (Å²) >= 11 is 0. The molecule has 6 heteroatoms. The largest absolute Gasteiger partial charge is 0.478 e. The summed E-state index contributed by atoms with van der Waals surface area (Å²) in [5, 5.41) is 8.75. The molecule has 0 atom stereocenters. The smallest absolute Gasteiger partial charge is 0.335 e. The Balaban J connectivity index is 1.86. The summed E-state index contributed by atoms with van der Waals surface area (Å²) in [6.45, 7) is -0.395. The molecule has 4 nitrogen and oxygen atoms in total. The first-order valence-corrected chi connectivity index (χ1v) is 6.35. The highest BCUT2D eigenvalue weighted by Crippen LogP contribution is 2.27. The molecule has 1 saturated heterocycles. The van der Waals surface area contributed by atoms with Crippen molar-refractivity contribution < 1.29 is 23.5 Å². The zero-order chi connectivity index (χ0) is 14.8. The highest BCUT2D eigenvalue weighted by atomic mass is 19.3. The van der Waals surface area contributed by atoms with Gasteiger partial charge in [-0.1, -0.05) is 12.1 Å². The first-order chi connectivity index (χ1) is 9.37. The molecular formula is C14H15F2NO3. The van der Waals surface area contributed by atoms with E-state index in [4.69, 9.17) is 5.11 Å². The average Bonchev–Trinajstić information content (AvgIpc) is 2.77. The van der Waals surface area contributed by atoms with Gasteiger partial charge in [-0.25, -0.2) is 13.6 Å². The van der Waals surface area contributed by atoms with Gasteiger partial charge in [-0.05, 0) is 24.1 Å². The highest BCUT2D eigenvalue weighted by molar-refractivity contribution is 5.87. The molecule has 1 amide bonds. The van der Waals surface area contributed by atoms with Crippen molar-refractivity contribution in [3.05, 3.63) is 35.4 Å². The maximum atomic E-state index is 13.0. The molecule has 0 spiro atoms. The Morgan fingerprint density at radius 2 is 1.90 bits per heavy atom. The first-order valence-electron chi connectivity index (χ1n) is 6.35. The number of alkyl halides is 2. The summed E-state index contributed by atoms with van der Waals surface area (Å²) in [5.74, 6) is -4.06. The number of carboxylic acid groups (broad SMARTS) is 1. The molecule has 1 N–H and O–H groups in total. The van der Waals surface area contributed by atoms with Crippen LogP contribution >= 0.6 is 0 Å². The number of carbonyl (C=O) groups is 2. The SMILES string of the molecule is O=C(O)c1ccc(CCC(=O)N2CCC(F)(F)C2)cc1. The quantitative estimate of drug-likeness (QED) is 0.921. The molecule has 1 heterocycles. The Bertz CT molecular complexity index is 514. The molecule has 0 aliphatic carbocycles. The van der Waals surface area contributed by atoms with Crippen molar-refractivity contribution in [2.45, 2.75) is 25.2 Å². The molecule has 108 valence electrons. The van der Waals surface area contributed by atoms with E-state index in [-0.39, 0.29) is 30.9 Å². The van der Waals surface area contributed by atoms with Crippen molar-refractivity contribution in [1.29, 1.82) is 0 Å². The van der Waals surface area contributed by atoms with E-state index in [1.54, 1.807) is 12.1 Å². The van der Waals surface area contributed by atoms with E-state index < -0.39 is 18.4 Å². The minimum Gasteiger partial charge on any atom is -0.478 e. The molecular weight excluding hydrogens is 268 g/mol. The Morgan fingerprint density at radius 3 is 2.40 bits per heavy atom. The van der Waals surface area contributed by atoms with Gasteiger partial charge in [0.1, 0.15) is 0 Å². The molecule has 20 heavy (non-hydrogen) atoms. The number of carboxylic acids is 1. The van der Waals surface area contributed by atoms with E-state index in [2.05, 4.69) is 0 Å². The van der Waals surface area contributed by atoms with Crippen LogP contribution in [0.15, 0.2) is 24.3 Å². The third-order valence-corrected chi connectivity index (χ3v) is 3.35. The normalized spacial score (nSPS) is 17.2. The molecule has 1 aliphatic rings. The maximum Gasteiger partial charge on any atom is 0.335 e. The summed E-state index contributed by atoms with van der Waals surface area (Å²) in [4.78, 5) is 23.6. The van der Waals surface area contributed by atoms with Crippen LogP contribution in [0.5, 0.6) is 0 Å². The fourth-order valence-electron chi connectivity index (χ4n) is 2.17. The van der Waals surface area contributed by atoms with E-state index in [9.17, 15) is 18.4 Å². The summed E-state index contributed by atoms with van der Waals surface area (Å²) in [7, 11) is 0. The number of hydrogen-bond acceptors (Lipinski definition) is 2. The lowest BCUT2D eigenvalue weighted by molar-refractivity contribution is -0.131. The molecule has 0 bridgehead atoms. The van der Waals surface area contributed by atoms with Gasteiger partial charge in [0.05, 0.1) is 12.1 Å². The summed E-state index contributed by atoms with van der Waals surface area (Å²) in [6, 6.07) is 6.20. The van der Waals surface area contributed by atoms with Crippen LogP contribution in [0, 0.1) is 0 Å². The number of hydrogen-bond donors (Lipinski definition) is 1. The van der Waals surface area contributed by atoms with Crippen molar-refractivity contribution in [3.8, 4) is 0 Å². The predicted octanol–water partition coefficient (Wildman–Crippen LogP) is 2.18. The topological polar surface area (TPSA) is 57.6 Å². The van der Waals surface area contributed by atoms with Crippen LogP contribution in [0.3, 0.4) is 0 Å². The molecule has 2 rings (SSSR count). The van der Waals surface area contributed by atoms with Crippen molar-refractivity contribution in [2.75, 3.05) is 13.1 Å². The van der Waals surface area contributed by atoms with Crippen LogP contribution in [-0.2, 0) is 11.2 Å². The van der Waals surface area contributed by atoms with Crippen LogP contribution < -0.4 is 0 Å². The molecule has 1 aliphatic heterocycles. The van der Waals surface area contributed by atoms with Gasteiger partial charge in [-0.15, -0.1) is 0 Å². The number of rotatable bonds is 4. The van der Waals surface area contributed by atoms with Gasteiger partial charge < -0.3 is 10.0 Å². The average molecular weight is 283 g/mol. The minimum atomic E-state index is -2.77. The van der Waals surface area contributed by atoms with E-state index in [0.29, 0.717) is 6.42 Å². The number of aryl methyl sites for hydroxylation is 1. The second kappa shape index (κ2) is 5.56. The molecule has 0 saturated carbocycles. The Morgan fingerprint density at radius 1 is 1.25 bits per heavy atom. The van der Waals surface area contributed by atoms with Crippen molar-refractivity contribution >= 4 is 11.9 Å². The van der Waals surface area contributed by atoms with Gasteiger partial charge in [0, 0.05) is 19.4 Å². The number of halogens is 2. The second-order valence-electron chi connectivity index (χ2n) is 4.92. The lowest BCUT2D eigenvalue weighted by Gasteiger charge is -2.15. The number of carbonyl (C=O) groups excluding carboxylic acids is 1. The van der Waals surface area contributed by atoms with Crippen molar-refractivity contribution in [1.82, 2.24) is 4.90 Å². The number of nitrogens with zero attached hydrogens (tertiary/aromatic N) is 1. The fraction of sp³-hybridized carbons (Fsp3) is 0.429. The standard InChI is InChI=1S/C14H15F2NO3/c15-14(16)7-8-17(9-14)12(18)6-3-10-1-4-11(5-2-10)13(19)20/h1-2,4-5H,3,6-9H2,(H,19,20). The predicted molar refractivity (Wildman–Crippen MR) is 67.9 cm³/mol. The van der Waals surface area contributed by atoms with Gasteiger partial charge in [0.25, 0.3) is 5.92 Å². The second-order valence-corrected chi connectivity index (χ2v) is 4.92. The van der Waals surface area contributed by atoms with E-state index in [1.165, 1.54) is 17.0 Å². The molecule has 0 unspecified atom stereocenters. The Hall–Kier alpha value is -1.98. The van der Waals surface area contributed by atoms with Gasteiger partial charge >= 0.3 is 5.97 Å². The lowest BCUT2D eigenvalue weighted by atomic mass is 10.1. The number of likely N-dealkylation sites (tertiary alicyclic amines) is 1. The van der Waals surface area contributed by atoms with Crippen molar-refractivity contribution in [2.24, 2.45) is 0 Å². The molecule has 1 fully saturated rings. The molecule has 1 aromatic rings. The minimum absolute atomic E-state index is 0.101. The van der Waals surface area contributed by atoms with Crippen molar-refractivity contribution in [3.63, 3.8) is 0 Å². The van der Waals surface area contributed by atoms with E-state index in [1.807, 2.05) is 0 Å². The zero-order valence-electron chi connectivity index (χ0n) is 10.8. The summed E-state index contributed by atoms with van der Waals surface area (Å²) < 4.78 is 26.0. The number of benzene rings is 1. The number of aromatic carboxylic acids is 1. The zero-order valence-corrected chi connectivity index (χ0v) is 10.8. The first kappa shape index (κ1) is 14.4. The van der Waals surface area contributed by atoms with Gasteiger partial charge in [0.2, 0.25) is 5.91 Å². The van der Waals surface area contributed by atoms with Crippen LogP contribution in [0.4, 0.5) is 8.78 Å². The molecule has 0 aromatic heterocycles. The Kier molecular flexibility index (Phi) is 4.01. The van der Waals surface area contributed by atoms with Crippen LogP contribution in [0.25, 0.3) is 0 Å². The van der Waals surface area contributed by atoms with E-state index >= 15 is 0 Å². The van der Waals surface area contributed by atoms with E-state index in [0.717, 1.165) is 5.56 Å². The summed E-state index contributed by atoms with van der Waals surface area (Å²) in [6.07, 6.45) is 0.301.